The summed E-state index contributed by atoms with van der Waals surface area (Å²) in [4.78, 5) is 38.0. The Labute approximate surface area is 157 Å². The summed E-state index contributed by atoms with van der Waals surface area (Å²) in [6, 6.07) is 4.86. The van der Waals surface area contributed by atoms with Crippen molar-refractivity contribution in [1.29, 1.82) is 0 Å². The van der Waals surface area contributed by atoms with Crippen LogP contribution in [0, 0.1) is 0 Å². The molecule has 26 heavy (non-hydrogen) atoms. The summed E-state index contributed by atoms with van der Waals surface area (Å²) in [6.45, 7) is 0.215. The van der Waals surface area contributed by atoms with E-state index in [-0.39, 0.29) is 30.0 Å². The van der Waals surface area contributed by atoms with E-state index in [1.54, 1.807) is 17.0 Å². The van der Waals surface area contributed by atoms with Crippen LogP contribution in [0.2, 0.25) is 5.02 Å². The third-order valence-corrected chi connectivity index (χ3v) is 5.08. The third-order valence-electron chi connectivity index (χ3n) is 4.85. The first kappa shape index (κ1) is 18.7. The van der Waals surface area contributed by atoms with Crippen molar-refractivity contribution in [2.75, 3.05) is 18.1 Å². The maximum absolute atomic E-state index is 12.5. The second-order valence-electron chi connectivity index (χ2n) is 6.79. The van der Waals surface area contributed by atoms with Gasteiger partial charge in [-0.1, -0.05) is 30.9 Å². The van der Waals surface area contributed by atoms with Crippen molar-refractivity contribution in [3.63, 3.8) is 0 Å². The summed E-state index contributed by atoms with van der Waals surface area (Å²) in [5, 5.41) is 3.35. The highest BCUT2D eigenvalue weighted by Gasteiger charge is 2.27. The number of carbonyl (C=O) groups is 3. The molecule has 1 aliphatic carbocycles. The molecule has 0 aromatic heterocycles. The second-order valence-corrected chi connectivity index (χ2v) is 7.23. The molecule has 1 N–H and O–H groups in total. The second kappa shape index (κ2) is 8.54. The van der Waals surface area contributed by atoms with Gasteiger partial charge in [0.2, 0.25) is 5.91 Å². The first-order chi connectivity index (χ1) is 12.5. The van der Waals surface area contributed by atoms with Gasteiger partial charge in [-0.15, -0.1) is 0 Å². The average Bonchev–Trinajstić information content (AvgIpc) is 3.06. The molecule has 0 radical (unpaired) electrons. The van der Waals surface area contributed by atoms with E-state index in [1.165, 1.54) is 12.5 Å². The molecule has 3 rings (SSSR count). The Kier molecular flexibility index (Phi) is 6.14. The van der Waals surface area contributed by atoms with E-state index < -0.39 is 5.97 Å². The van der Waals surface area contributed by atoms with Crippen LogP contribution in [0.15, 0.2) is 18.2 Å². The average molecular weight is 379 g/mol. The van der Waals surface area contributed by atoms with Gasteiger partial charge in [0.15, 0.2) is 6.61 Å². The van der Waals surface area contributed by atoms with E-state index in [0.717, 1.165) is 32.1 Å². The summed E-state index contributed by atoms with van der Waals surface area (Å²) in [5.74, 6) is -0.968. The van der Waals surface area contributed by atoms with Crippen molar-refractivity contribution in [3.05, 3.63) is 28.8 Å². The number of amides is 2. The highest BCUT2D eigenvalue weighted by molar-refractivity contribution is 6.31. The molecule has 0 atom stereocenters. The molecule has 0 spiro atoms. The number of hydrogen-bond donors (Lipinski definition) is 1. The number of carbonyl (C=O) groups excluding carboxylic acids is 3. The predicted molar refractivity (Wildman–Crippen MR) is 98.3 cm³/mol. The zero-order valence-electron chi connectivity index (χ0n) is 14.6. The Balaban J connectivity index is 1.62. The number of esters is 1. The first-order valence-electron chi connectivity index (χ1n) is 9.11. The van der Waals surface area contributed by atoms with Crippen molar-refractivity contribution in [3.8, 4) is 0 Å². The summed E-state index contributed by atoms with van der Waals surface area (Å²) >= 11 is 6.03. The first-order valence-corrected chi connectivity index (χ1v) is 9.49. The predicted octanol–water partition coefficient (Wildman–Crippen LogP) is 3.07. The van der Waals surface area contributed by atoms with Crippen LogP contribution in [0.1, 0.15) is 55.3 Å². The van der Waals surface area contributed by atoms with Crippen LogP contribution >= 0.6 is 11.6 Å². The van der Waals surface area contributed by atoms with Crippen LogP contribution in [0.4, 0.5) is 5.69 Å². The van der Waals surface area contributed by atoms with E-state index in [1.807, 2.05) is 0 Å². The van der Waals surface area contributed by atoms with Crippen LogP contribution in [-0.4, -0.2) is 37.0 Å². The van der Waals surface area contributed by atoms with Crippen molar-refractivity contribution in [1.82, 2.24) is 5.32 Å². The van der Waals surface area contributed by atoms with Gasteiger partial charge in [-0.05, 0) is 37.5 Å². The Hall–Kier alpha value is -2.08. The lowest BCUT2D eigenvalue weighted by atomic mass is 9.95. The van der Waals surface area contributed by atoms with Crippen LogP contribution in [0.25, 0.3) is 0 Å². The van der Waals surface area contributed by atoms with Crippen molar-refractivity contribution >= 4 is 35.1 Å². The Bertz CT molecular complexity index is 701. The molecular weight excluding hydrogens is 356 g/mol. The minimum Gasteiger partial charge on any atom is -0.452 e. The molecule has 2 aliphatic rings. The van der Waals surface area contributed by atoms with Crippen molar-refractivity contribution in [2.45, 2.75) is 51.0 Å². The molecule has 1 heterocycles. The van der Waals surface area contributed by atoms with Gasteiger partial charge in [-0.2, -0.15) is 0 Å². The highest BCUT2D eigenvalue weighted by Crippen LogP contribution is 2.29. The molecule has 1 saturated carbocycles. The minimum absolute atomic E-state index is 0.0450. The number of nitrogens with zero attached hydrogens (tertiary/aromatic N) is 1. The smallest absolute Gasteiger partial charge is 0.340 e. The number of rotatable bonds is 5. The molecular formula is C19H23ClN2O4. The van der Waals surface area contributed by atoms with Gasteiger partial charge in [-0.25, -0.2) is 4.79 Å². The highest BCUT2D eigenvalue weighted by atomic mass is 35.5. The zero-order chi connectivity index (χ0) is 18.5. The number of benzene rings is 1. The summed E-state index contributed by atoms with van der Waals surface area (Å²) in [6.07, 6.45) is 6.56. The lowest BCUT2D eigenvalue weighted by Gasteiger charge is -2.23. The normalized spacial score (nSPS) is 18.0. The van der Waals surface area contributed by atoms with Crippen LogP contribution in [-0.2, 0) is 14.3 Å². The quantitative estimate of drug-likeness (QED) is 0.799. The van der Waals surface area contributed by atoms with Gasteiger partial charge in [0.1, 0.15) is 0 Å². The van der Waals surface area contributed by atoms with E-state index >= 15 is 0 Å². The van der Waals surface area contributed by atoms with E-state index in [4.69, 9.17) is 16.3 Å². The van der Waals surface area contributed by atoms with Crippen LogP contribution in [0.3, 0.4) is 0 Å². The number of halogens is 1. The standard InChI is InChI=1S/C19H23ClN2O4/c20-13-8-9-15(16(11-13)22-10-4-7-18(22)24)19(25)26-12-17(23)21-14-5-2-1-3-6-14/h8-9,11,14H,1-7,10,12H2,(H,21,23). The molecule has 1 aromatic carbocycles. The van der Waals surface area contributed by atoms with Gasteiger partial charge < -0.3 is 15.0 Å². The maximum Gasteiger partial charge on any atom is 0.340 e. The topological polar surface area (TPSA) is 75.7 Å². The molecule has 1 aromatic rings. The van der Waals surface area contributed by atoms with Gasteiger partial charge >= 0.3 is 5.97 Å². The number of anilines is 1. The van der Waals surface area contributed by atoms with E-state index in [2.05, 4.69) is 5.32 Å². The molecule has 2 amide bonds. The summed E-state index contributed by atoms with van der Waals surface area (Å²) in [7, 11) is 0. The maximum atomic E-state index is 12.5. The SMILES string of the molecule is O=C(COC(=O)c1ccc(Cl)cc1N1CCCC1=O)NC1CCCCC1. The van der Waals surface area contributed by atoms with Crippen LogP contribution < -0.4 is 10.2 Å². The minimum atomic E-state index is -0.629. The number of ether oxygens (including phenoxy) is 1. The van der Waals surface area contributed by atoms with E-state index in [0.29, 0.717) is 23.7 Å². The lowest BCUT2D eigenvalue weighted by molar-refractivity contribution is -0.125. The Morgan fingerprint density at radius 1 is 1.19 bits per heavy atom. The van der Waals surface area contributed by atoms with Gasteiger partial charge in [0, 0.05) is 24.0 Å². The summed E-state index contributed by atoms with van der Waals surface area (Å²) in [5.41, 5.74) is 0.688. The fraction of sp³-hybridized carbons (Fsp3) is 0.526. The Morgan fingerprint density at radius 3 is 2.65 bits per heavy atom. The Morgan fingerprint density at radius 2 is 1.96 bits per heavy atom. The molecule has 7 heteroatoms. The van der Waals surface area contributed by atoms with E-state index in [9.17, 15) is 14.4 Å². The molecule has 140 valence electrons. The monoisotopic (exact) mass is 378 g/mol. The fourth-order valence-electron chi connectivity index (χ4n) is 3.53. The van der Waals surface area contributed by atoms with Crippen molar-refractivity contribution in [2.24, 2.45) is 0 Å². The summed E-state index contributed by atoms with van der Waals surface area (Å²) < 4.78 is 5.17. The number of nitrogens with one attached hydrogen (secondary N) is 1. The third kappa shape index (κ3) is 4.55. The number of hydrogen-bond acceptors (Lipinski definition) is 4. The molecule has 0 unspecified atom stereocenters. The lowest BCUT2D eigenvalue weighted by Crippen LogP contribution is -2.38. The fourth-order valence-corrected chi connectivity index (χ4v) is 3.70. The zero-order valence-corrected chi connectivity index (χ0v) is 15.4. The van der Waals surface area contributed by atoms with Gasteiger partial charge in [-0.3, -0.25) is 9.59 Å². The van der Waals surface area contributed by atoms with Gasteiger partial charge in [0.25, 0.3) is 5.91 Å². The van der Waals surface area contributed by atoms with Gasteiger partial charge in [0.05, 0.1) is 11.3 Å². The molecule has 2 fully saturated rings. The van der Waals surface area contributed by atoms with Crippen LogP contribution in [0.5, 0.6) is 0 Å². The largest absolute Gasteiger partial charge is 0.452 e. The molecule has 1 aliphatic heterocycles. The van der Waals surface area contributed by atoms with Crippen molar-refractivity contribution < 1.29 is 19.1 Å². The molecule has 1 saturated heterocycles. The molecule has 6 nitrogen and oxygen atoms in total. The molecule has 0 bridgehead atoms.